The fourth-order valence-electron chi connectivity index (χ4n) is 2.92. The van der Waals surface area contributed by atoms with E-state index in [1.807, 2.05) is 24.3 Å². The maximum absolute atomic E-state index is 13.0. The summed E-state index contributed by atoms with van der Waals surface area (Å²) in [5.74, 6) is -0.540. The highest BCUT2D eigenvalue weighted by Gasteiger charge is 2.48. The number of carbonyl (C=O) groups excluding carboxylic acids is 3. The molecular formula is C17H21N3O4S. The average Bonchev–Trinajstić information content (AvgIpc) is 2.62. The average molecular weight is 363 g/mol. The lowest BCUT2D eigenvalue weighted by Crippen LogP contribution is -2.58. The van der Waals surface area contributed by atoms with Gasteiger partial charge >= 0.3 is 6.09 Å². The van der Waals surface area contributed by atoms with E-state index in [1.165, 1.54) is 11.8 Å². The molecule has 1 saturated heterocycles. The molecule has 0 radical (unpaired) electrons. The van der Waals surface area contributed by atoms with Gasteiger partial charge in [0.2, 0.25) is 11.8 Å². The minimum atomic E-state index is -1.21. The van der Waals surface area contributed by atoms with Crippen LogP contribution in [0.5, 0.6) is 0 Å². The smallest absolute Gasteiger partial charge is 0.409 e. The van der Waals surface area contributed by atoms with Gasteiger partial charge in [-0.3, -0.25) is 9.59 Å². The van der Waals surface area contributed by atoms with Gasteiger partial charge in [-0.05, 0) is 26.0 Å². The maximum Gasteiger partial charge on any atom is 0.409 e. The second-order valence-corrected chi connectivity index (χ2v) is 7.52. The molecular weight excluding hydrogens is 342 g/mol. The van der Waals surface area contributed by atoms with Crippen LogP contribution in [0.4, 0.5) is 10.5 Å². The zero-order valence-corrected chi connectivity index (χ0v) is 15.1. The Hall–Kier alpha value is -2.22. The Balaban J connectivity index is 1.69. The summed E-state index contributed by atoms with van der Waals surface area (Å²) in [6.07, 6.45) is -0.362. The summed E-state index contributed by atoms with van der Waals surface area (Å²) in [5.41, 5.74) is 0.731. The third-order valence-electron chi connectivity index (χ3n) is 4.38. The number of nitrogens with one attached hydrogen (secondary N) is 1. The van der Waals surface area contributed by atoms with Gasteiger partial charge in [-0.25, -0.2) is 4.79 Å². The van der Waals surface area contributed by atoms with Crippen molar-refractivity contribution in [2.24, 2.45) is 0 Å². The van der Waals surface area contributed by atoms with E-state index in [2.05, 4.69) is 5.32 Å². The van der Waals surface area contributed by atoms with E-state index in [4.69, 9.17) is 4.74 Å². The van der Waals surface area contributed by atoms with Crippen molar-refractivity contribution in [2.45, 2.75) is 23.5 Å². The molecule has 0 spiro atoms. The topological polar surface area (TPSA) is 79.0 Å². The molecule has 0 saturated carbocycles. The molecule has 1 aromatic rings. The zero-order chi connectivity index (χ0) is 18.0. The largest absolute Gasteiger partial charge is 0.450 e. The first-order chi connectivity index (χ1) is 12.0. The second-order valence-electron chi connectivity index (χ2n) is 6.06. The van der Waals surface area contributed by atoms with Crippen molar-refractivity contribution in [1.82, 2.24) is 9.80 Å². The number of hydrogen-bond donors (Lipinski definition) is 1. The molecule has 25 heavy (non-hydrogen) atoms. The monoisotopic (exact) mass is 363 g/mol. The lowest BCUT2D eigenvalue weighted by molar-refractivity contribution is -0.139. The van der Waals surface area contributed by atoms with Gasteiger partial charge in [0.05, 0.1) is 12.3 Å². The Kier molecular flexibility index (Phi) is 4.89. The minimum Gasteiger partial charge on any atom is -0.450 e. The number of thioether (sulfide) groups is 1. The molecule has 2 heterocycles. The van der Waals surface area contributed by atoms with Crippen LogP contribution in [0.15, 0.2) is 29.2 Å². The molecule has 1 aromatic carbocycles. The number of piperazine rings is 1. The molecule has 3 amide bonds. The van der Waals surface area contributed by atoms with Gasteiger partial charge < -0.3 is 19.9 Å². The predicted octanol–water partition coefficient (Wildman–Crippen LogP) is 1.79. The Labute approximate surface area is 150 Å². The zero-order valence-electron chi connectivity index (χ0n) is 14.3. The van der Waals surface area contributed by atoms with E-state index >= 15 is 0 Å². The summed E-state index contributed by atoms with van der Waals surface area (Å²) in [6.45, 7) is 5.34. The fourth-order valence-corrected chi connectivity index (χ4v) is 4.09. The highest BCUT2D eigenvalue weighted by atomic mass is 32.2. The normalized spacial score (nSPS) is 22.9. The van der Waals surface area contributed by atoms with Gasteiger partial charge in [-0.2, -0.15) is 0 Å². The van der Waals surface area contributed by atoms with Crippen molar-refractivity contribution in [3.8, 4) is 0 Å². The number of rotatable bonds is 2. The van der Waals surface area contributed by atoms with E-state index in [0.29, 0.717) is 32.8 Å². The Morgan fingerprint density at radius 2 is 1.84 bits per heavy atom. The third-order valence-corrected chi connectivity index (χ3v) is 5.73. The Morgan fingerprint density at radius 1 is 1.20 bits per heavy atom. The number of fused-ring (bicyclic) bond motifs is 1. The van der Waals surface area contributed by atoms with Crippen molar-refractivity contribution < 1.29 is 19.1 Å². The van der Waals surface area contributed by atoms with Crippen LogP contribution < -0.4 is 5.32 Å². The summed E-state index contributed by atoms with van der Waals surface area (Å²) in [7, 11) is 0. The van der Waals surface area contributed by atoms with E-state index < -0.39 is 4.75 Å². The Bertz CT molecular complexity index is 703. The number of nitrogens with zero attached hydrogens (tertiary/aromatic N) is 2. The molecule has 0 aliphatic carbocycles. The Morgan fingerprint density at radius 3 is 2.52 bits per heavy atom. The lowest BCUT2D eigenvalue weighted by Gasteiger charge is -2.39. The molecule has 1 unspecified atom stereocenters. The molecule has 0 bridgehead atoms. The first kappa shape index (κ1) is 17.6. The van der Waals surface area contributed by atoms with Gasteiger partial charge in [0, 0.05) is 31.1 Å². The van der Waals surface area contributed by atoms with Crippen LogP contribution in [0.3, 0.4) is 0 Å². The van der Waals surface area contributed by atoms with Crippen LogP contribution in [-0.4, -0.2) is 65.2 Å². The first-order valence-corrected chi connectivity index (χ1v) is 9.08. The van der Waals surface area contributed by atoms with Crippen molar-refractivity contribution in [1.29, 1.82) is 0 Å². The minimum absolute atomic E-state index is 0.229. The molecule has 8 heteroatoms. The van der Waals surface area contributed by atoms with Crippen LogP contribution >= 0.6 is 11.8 Å². The molecule has 0 aromatic heterocycles. The summed E-state index contributed by atoms with van der Waals surface area (Å²) in [5, 5.41) is 2.82. The molecule has 7 nitrogen and oxygen atoms in total. The van der Waals surface area contributed by atoms with Gasteiger partial charge in [0.1, 0.15) is 0 Å². The highest BCUT2D eigenvalue weighted by Crippen LogP contribution is 2.43. The summed E-state index contributed by atoms with van der Waals surface area (Å²) in [4.78, 5) is 41.4. The van der Waals surface area contributed by atoms with Crippen LogP contribution in [-0.2, 0) is 14.3 Å². The highest BCUT2D eigenvalue weighted by molar-refractivity contribution is 8.02. The second kappa shape index (κ2) is 6.95. The quantitative estimate of drug-likeness (QED) is 0.811. The van der Waals surface area contributed by atoms with Crippen molar-refractivity contribution in [3.63, 3.8) is 0 Å². The number of para-hydroxylation sites is 1. The van der Waals surface area contributed by atoms with Crippen LogP contribution in [0.2, 0.25) is 0 Å². The van der Waals surface area contributed by atoms with Crippen LogP contribution in [0.25, 0.3) is 0 Å². The molecule has 1 atom stereocenters. The van der Waals surface area contributed by atoms with Crippen LogP contribution in [0, 0.1) is 0 Å². The molecule has 2 aliphatic rings. The van der Waals surface area contributed by atoms with Crippen LogP contribution in [0.1, 0.15) is 13.8 Å². The van der Waals surface area contributed by atoms with Gasteiger partial charge in [-0.1, -0.05) is 23.9 Å². The predicted molar refractivity (Wildman–Crippen MR) is 94.5 cm³/mol. The van der Waals surface area contributed by atoms with E-state index in [1.54, 1.807) is 23.6 Å². The molecule has 1 fully saturated rings. The number of ether oxygens (including phenoxy) is 1. The summed E-state index contributed by atoms with van der Waals surface area (Å²) in [6, 6.07) is 7.44. The SMILES string of the molecule is CCOC(=O)N1CCN(C(=O)C2(C)Sc3ccccc3NC2=O)CC1. The first-order valence-electron chi connectivity index (χ1n) is 8.26. The summed E-state index contributed by atoms with van der Waals surface area (Å²) < 4.78 is 3.78. The number of anilines is 1. The van der Waals surface area contributed by atoms with Crippen molar-refractivity contribution in [2.75, 3.05) is 38.1 Å². The summed E-state index contributed by atoms with van der Waals surface area (Å²) >= 11 is 1.28. The number of hydrogen-bond acceptors (Lipinski definition) is 5. The molecule has 3 rings (SSSR count). The van der Waals surface area contributed by atoms with Gasteiger partial charge in [0.25, 0.3) is 0 Å². The van der Waals surface area contributed by atoms with Crippen molar-refractivity contribution in [3.05, 3.63) is 24.3 Å². The lowest BCUT2D eigenvalue weighted by atomic mass is 10.1. The van der Waals surface area contributed by atoms with E-state index in [9.17, 15) is 14.4 Å². The standard InChI is InChI=1S/C17H21N3O4S/c1-3-24-16(23)20-10-8-19(9-11-20)15(22)17(2)14(21)18-12-6-4-5-7-13(12)25-17/h4-7H,3,8-11H2,1-2H3,(H,18,21). The molecule has 134 valence electrons. The van der Waals surface area contributed by atoms with E-state index in [-0.39, 0.29) is 17.9 Å². The van der Waals surface area contributed by atoms with E-state index in [0.717, 1.165) is 10.6 Å². The third kappa shape index (κ3) is 3.30. The molecule has 2 aliphatic heterocycles. The van der Waals surface area contributed by atoms with Crippen molar-refractivity contribution >= 4 is 35.4 Å². The number of carbonyl (C=O) groups is 3. The van der Waals surface area contributed by atoms with Gasteiger partial charge in [-0.15, -0.1) is 0 Å². The maximum atomic E-state index is 13.0. The fraction of sp³-hybridized carbons (Fsp3) is 0.471. The number of amides is 3. The van der Waals surface area contributed by atoms with Gasteiger partial charge in [0.15, 0.2) is 4.75 Å². The molecule has 1 N–H and O–H groups in total. The number of benzene rings is 1.